The van der Waals surface area contributed by atoms with Gasteiger partial charge in [-0.25, -0.2) is 15.0 Å². The van der Waals surface area contributed by atoms with E-state index in [1.807, 2.05) is 47.9 Å². The zero-order valence-corrected chi connectivity index (χ0v) is 22.9. The van der Waals surface area contributed by atoms with Crippen molar-refractivity contribution in [3.8, 4) is 0 Å². The molecule has 11 nitrogen and oxygen atoms in total. The Morgan fingerprint density at radius 2 is 2.03 bits per heavy atom. The lowest BCUT2D eigenvalue weighted by Gasteiger charge is -2.13. The fourth-order valence-corrected chi connectivity index (χ4v) is 3.40. The van der Waals surface area contributed by atoms with Gasteiger partial charge >= 0.3 is 0 Å². The Hall–Kier alpha value is -4.25. The Morgan fingerprint density at radius 1 is 1.26 bits per heavy atom. The Balaban J connectivity index is 1.84. The van der Waals surface area contributed by atoms with Crippen molar-refractivity contribution in [2.24, 2.45) is 10.7 Å². The molecule has 0 bridgehead atoms. The zero-order chi connectivity index (χ0) is 27.9. The quantitative estimate of drug-likeness (QED) is 0.166. The first-order chi connectivity index (χ1) is 18.0. The van der Waals surface area contributed by atoms with Gasteiger partial charge in [0.25, 0.3) is 5.91 Å². The highest BCUT2D eigenvalue weighted by atomic mass is 16.5. The van der Waals surface area contributed by atoms with Crippen molar-refractivity contribution in [1.82, 2.24) is 20.0 Å². The highest BCUT2D eigenvalue weighted by Gasteiger charge is 2.21. The second-order valence-electron chi connectivity index (χ2n) is 10.2. The van der Waals surface area contributed by atoms with Gasteiger partial charge in [-0.15, -0.1) is 0 Å². The van der Waals surface area contributed by atoms with E-state index in [1.165, 1.54) is 6.20 Å². The van der Waals surface area contributed by atoms with Gasteiger partial charge in [0.05, 0.1) is 17.6 Å². The summed E-state index contributed by atoms with van der Waals surface area (Å²) in [6.45, 7) is 13.3. The molecule has 1 aromatic carbocycles. The molecule has 5 N–H and O–H groups in total. The lowest BCUT2D eigenvalue weighted by atomic mass is 9.93. The minimum absolute atomic E-state index is 0.167. The number of carbonyl (C=O) groups excluding carboxylic acids is 1. The maximum atomic E-state index is 12.9. The summed E-state index contributed by atoms with van der Waals surface area (Å²) in [5.41, 5.74) is 8.95. The normalized spacial score (nSPS) is 11.9. The fourth-order valence-electron chi connectivity index (χ4n) is 3.40. The number of benzene rings is 1. The SMILES string of the molecule is C=CNc1cnc(NCCCN(C)C)nc1C(N)=Nc1cc(C(=O)Nc2cc(C(C)(C)C)on2)ccc1C. The monoisotopic (exact) mass is 519 g/mol. The van der Waals surface area contributed by atoms with E-state index in [1.54, 1.807) is 24.4 Å². The first-order valence-corrected chi connectivity index (χ1v) is 12.3. The number of aryl methyl sites for hydroxylation is 1. The van der Waals surface area contributed by atoms with Crippen LogP contribution in [0.2, 0.25) is 0 Å². The van der Waals surface area contributed by atoms with Gasteiger partial charge in [-0.3, -0.25) is 4.79 Å². The molecule has 1 amide bonds. The Bertz CT molecular complexity index is 1310. The van der Waals surface area contributed by atoms with Crippen molar-refractivity contribution < 1.29 is 9.32 Å². The fraction of sp³-hybridized carbons (Fsp3) is 0.370. The van der Waals surface area contributed by atoms with Crippen LogP contribution in [0.1, 0.15) is 54.6 Å². The van der Waals surface area contributed by atoms with E-state index >= 15 is 0 Å². The Labute approximate surface area is 223 Å². The first-order valence-electron chi connectivity index (χ1n) is 12.3. The van der Waals surface area contributed by atoms with Crippen LogP contribution in [0.3, 0.4) is 0 Å². The molecule has 2 aromatic heterocycles. The number of amides is 1. The molecular weight excluding hydrogens is 482 g/mol. The average Bonchev–Trinajstić information content (AvgIpc) is 3.33. The molecule has 0 atom stereocenters. The largest absolute Gasteiger partial charge is 0.382 e. The van der Waals surface area contributed by atoms with Crippen LogP contribution in [0.15, 0.2) is 52.8 Å². The lowest BCUT2D eigenvalue weighted by Crippen LogP contribution is -2.20. The molecular formula is C27H37N9O2. The third-order valence-corrected chi connectivity index (χ3v) is 5.56. The van der Waals surface area contributed by atoms with Crippen LogP contribution in [0, 0.1) is 6.92 Å². The molecule has 0 saturated carbocycles. The number of aromatic nitrogens is 3. The summed E-state index contributed by atoms with van der Waals surface area (Å²) < 4.78 is 5.36. The molecule has 0 radical (unpaired) electrons. The minimum atomic E-state index is -0.339. The number of carbonyl (C=O) groups is 1. The standard InChI is InChI=1S/C27H37N9O2/c1-8-29-20-16-31-26(30-12-9-13-36(6)7)34-23(20)24(28)32-19-14-18(11-10-17(19)2)25(37)33-22-15-21(38-35-22)27(3,4)5/h8,10-11,14-16,29H,1,9,12-13H2,2-7H3,(H2,28,32)(H,30,31,34)(H,33,35,37). The molecule has 0 aliphatic rings. The van der Waals surface area contributed by atoms with E-state index in [0.29, 0.717) is 46.7 Å². The van der Waals surface area contributed by atoms with E-state index in [4.69, 9.17) is 10.3 Å². The van der Waals surface area contributed by atoms with Crippen molar-refractivity contribution in [2.75, 3.05) is 43.1 Å². The first kappa shape index (κ1) is 28.3. The second kappa shape index (κ2) is 12.3. The van der Waals surface area contributed by atoms with Crippen LogP contribution in [0.5, 0.6) is 0 Å². The second-order valence-corrected chi connectivity index (χ2v) is 10.2. The van der Waals surface area contributed by atoms with E-state index in [2.05, 4.69) is 47.5 Å². The summed E-state index contributed by atoms with van der Waals surface area (Å²) in [6.07, 6.45) is 4.08. The van der Waals surface area contributed by atoms with Crippen molar-refractivity contribution in [2.45, 2.75) is 39.5 Å². The van der Waals surface area contributed by atoms with E-state index in [0.717, 1.165) is 18.5 Å². The van der Waals surface area contributed by atoms with E-state index in [9.17, 15) is 4.79 Å². The van der Waals surface area contributed by atoms with Crippen LogP contribution < -0.4 is 21.7 Å². The Kier molecular flexibility index (Phi) is 9.19. The highest BCUT2D eigenvalue weighted by molar-refractivity contribution is 6.05. The van der Waals surface area contributed by atoms with Gasteiger partial charge in [0.1, 0.15) is 11.5 Å². The summed E-state index contributed by atoms with van der Waals surface area (Å²) >= 11 is 0. The van der Waals surface area contributed by atoms with Crippen molar-refractivity contribution in [3.63, 3.8) is 0 Å². The van der Waals surface area contributed by atoms with Crippen LogP contribution in [-0.2, 0) is 5.41 Å². The number of hydrogen-bond acceptors (Lipinski definition) is 9. The molecule has 202 valence electrons. The predicted molar refractivity (Wildman–Crippen MR) is 152 cm³/mol. The number of nitrogens with two attached hydrogens (primary N) is 1. The molecule has 0 aliphatic carbocycles. The van der Waals surface area contributed by atoms with Gasteiger partial charge in [-0.1, -0.05) is 38.6 Å². The van der Waals surface area contributed by atoms with Crippen LogP contribution in [0.4, 0.5) is 23.1 Å². The highest BCUT2D eigenvalue weighted by Crippen LogP contribution is 2.26. The maximum absolute atomic E-state index is 12.9. The predicted octanol–water partition coefficient (Wildman–Crippen LogP) is 4.28. The molecule has 38 heavy (non-hydrogen) atoms. The molecule has 0 unspecified atom stereocenters. The van der Waals surface area contributed by atoms with Crippen LogP contribution >= 0.6 is 0 Å². The molecule has 11 heteroatoms. The molecule has 3 aromatic rings. The number of hydrogen-bond donors (Lipinski definition) is 4. The van der Waals surface area contributed by atoms with Crippen molar-refractivity contribution in [1.29, 1.82) is 0 Å². The average molecular weight is 520 g/mol. The van der Waals surface area contributed by atoms with Gasteiger partial charge in [-0.05, 0) is 57.9 Å². The molecule has 0 saturated heterocycles. The van der Waals surface area contributed by atoms with Crippen LogP contribution in [-0.4, -0.2) is 59.0 Å². The van der Waals surface area contributed by atoms with E-state index < -0.39 is 0 Å². The molecule has 0 fully saturated rings. The van der Waals surface area contributed by atoms with Gasteiger partial charge in [0.15, 0.2) is 11.7 Å². The molecule has 0 spiro atoms. The Morgan fingerprint density at radius 3 is 2.68 bits per heavy atom. The number of anilines is 3. The summed E-state index contributed by atoms with van der Waals surface area (Å²) in [5, 5.41) is 12.9. The molecule has 0 aliphatic heterocycles. The summed E-state index contributed by atoms with van der Waals surface area (Å²) in [5.74, 6) is 1.29. The van der Waals surface area contributed by atoms with Gasteiger partial charge in [0.2, 0.25) is 5.95 Å². The zero-order valence-electron chi connectivity index (χ0n) is 22.9. The van der Waals surface area contributed by atoms with Gasteiger partial charge in [0, 0.05) is 23.6 Å². The summed E-state index contributed by atoms with van der Waals surface area (Å²) in [7, 11) is 4.05. The molecule has 3 rings (SSSR count). The summed E-state index contributed by atoms with van der Waals surface area (Å²) in [4.78, 5) is 28.6. The number of nitrogens with one attached hydrogen (secondary N) is 3. The van der Waals surface area contributed by atoms with Gasteiger partial charge < -0.3 is 31.1 Å². The van der Waals surface area contributed by atoms with Crippen molar-refractivity contribution >= 4 is 34.9 Å². The maximum Gasteiger partial charge on any atom is 0.256 e. The summed E-state index contributed by atoms with van der Waals surface area (Å²) in [6, 6.07) is 6.92. The smallest absolute Gasteiger partial charge is 0.256 e. The van der Waals surface area contributed by atoms with Gasteiger partial charge in [-0.2, -0.15) is 0 Å². The van der Waals surface area contributed by atoms with E-state index in [-0.39, 0.29) is 17.2 Å². The topological polar surface area (TPSA) is 147 Å². The number of rotatable bonds is 11. The minimum Gasteiger partial charge on any atom is -0.382 e. The van der Waals surface area contributed by atoms with Crippen molar-refractivity contribution in [3.05, 3.63) is 65.8 Å². The number of nitrogens with zero attached hydrogens (tertiary/aromatic N) is 5. The number of aliphatic imine (C=N–C) groups is 1. The van der Waals surface area contributed by atoms with Crippen LogP contribution in [0.25, 0.3) is 0 Å². The third kappa shape index (κ3) is 7.62. The number of amidine groups is 1. The molecule has 2 heterocycles. The third-order valence-electron chi connectivity index (χ3n) is 5.56. The lowest BCUT2D eigenvalue weighted by molar-refractivity contribution is 0.102.